The highest BCUT2D eigenvalue weighted by Crippen LogP contribution is 2.29. The molecule has 2 aromatic carbocycles. The molecule has 0 amide bonds. The Kier molecular flexibility index (Phi) is 4.80. The molecule has 0 fully saturated rings. The predicted molar refractivity (Wildman–Crippen MR) is 101 cm³/mol. The van der Waals surface area contributed by atoms with Gasteiger partial charge in [-0.3, -0.25) is 0 Å². The highest BCUT2D eigenvalue weighted by molar-refractivity contribution is 9.10. The van der Waals surface area contributed by atoms with E-state index in [9.17, 15) is 8.42 Å². The van der Waals surface area contributed by atoms with Crippen LogP contribution < -0.4 is 0 Å². The topological polar surface area (TPSA) is 42.3 Å². The first-order valence-electron chi connectivity index (χ1n) is 7.65. The third-order valence-electron chi connectivity index (χ3n) is 3.96. The molecule has 0 radical (unpaired) electrons. The van der Waals surface area contributed by atoms with E-state index in [1.807, 2.05) is 38.4 Å². The molecule has 0 atom stereocenters. The van der Waals surface area contributed by atoms with Crippen LogP contribution in [0.1, 0.15) is 5.56 Å². The van der Waals surface area contributed by atoms with E-state index >= 15 is 0 Å². The lowest BCUT2D eigenvalue weighted by Crippen LogP contribution is -2.15. The molecular formula is C18H19BrN2O2S. The first-order chi connectivity index (χ1) is 11.4. The number of hydrogen-bond donors (Lipinski definition) is 0. The Hall–Kier alpha value is -1.63. The maximum atomic E-state index is 13.1. The molecule has 4 nitrogen and oxygen atoms in total. The lowest BCUT2D eigenvalue weighted by Gasteiger charge is -2.09. The van der Waals surface area contributed by atoms with Crippen LogP contribution in [-0.4, -0.2) is 37.9 Å². The molecule has 0 saturated heterocycles. The molecule has 0 unspecified atom stereocenters. The fraction of sp³-hybridized carbons (Fsp3) is 0.222. The third-order valence-corrected chi connectivity index (χ3v) is 6.65. The number of hydrogen-bond acceptors (Lipinski definition) is 3. The molecule has 0 N–H and O–H groups in total. The first kappa shape index (κ1) is 17.2. The van der Waals surface area contributed by atoms with Crippen LogP contribution in [0.2, 0.25) is 0 Å². The normalized spacial score (nSPS) is 12.2. The summed E-state index contributed by atoms with van der Waals surface area (Å²) in [4.78, 5) is 2.36. The summed E-state index contributed by atoms with van der Waals surface area (Å²) < 4.78 is 28.2. The average molecular weight is 407 g/mol. The SMILES string of the molecule is CN(C)CCc1cn(S(=O)(=O)c2ccccc2Br)c2ccccc12. The van der Waals surface area contributed by atoms with Crippen LogP contribution in [0.3, 0.4) is 0 Å². The van der Waals surface area contributed by atoms with Gasteiger partial charge in [0.1, 0.15) is 4.90 Å². The van der Waals surface area contributed by atoms with Crippen molar-refractivity contribution in [2.45, 2.75) is 11.3 Å². The minimum atomic E-state index is -3.66. The number of para-hydroxylation sites is 1. The van der Waals surface area contributed by atoms with E-state index in [2.05, 4.69) is 20.8 Å². The minimum Gasteiger partial charge on any atom is -0.309 e. The second-order valence-corrected chi connectivity index (χ2v) is 8.59. The van der Waals surface area contributed by atoms with Crippen LogP contribution in [-0.2, 0) is 16.4 Å². The van der Waals surface area contributed by atoms with E-state index in [1.54, 1.807) is 30.5 Å². The molecule has 0 saturated carbocycles. The van der Waals surface area contributed by atoms with Crippen LogP contribution >= 0.6 is 15.9 Å². The quantitative estimate of drug-likeness (QED) is 0.647. The Bertz CT molecular complexity index is 978. The summed E-state index contributed by atoms with van der Waals surface area (Å²) in [7, 11) is 0.364. The fourth-order valence-corrected chi connectivity index (χ4v) is 5.08. The maximum absolute atomic E-state index is 13.1. The Morgan fingerprint density at radius 2 is 1.71 bits per heavy atom. The summed E-state index contributed by atoms with van der Waals surface area (Å²) >= 11 is 3.35. The highest BCUT2D eigenvalue weighted by Gasteiger charge is 2.23. The standard InChI is InChI=1S/C18H19BrN2O2S/c1-20(2)12-11-14-13-21(17-9-5-3-7-15(14)17)24(22,23)18-10-6-4-8-16(18)19/h3-10,13H,11-12H2,1-2H3. The zero-order valence-electron chi connectivity index (χ0n) is 13.6. The summed E-state index contributed by atoms with van der Waals surface area (Å²) in [6, 6.07) is 14.5. The lowest BCUT2D eigenvalue weighted by atomic mass is 10.1. The number of benzene rings is 2. The van der Waals surface area contributed by atoms with Gasteiger partial charge in [-0.15, -0.1) is 0 Å². The molecule has 1 aromatic heterocycles. The highest BCUT2D eigenvalue weighted by atomic mass is 79.9. The van der Waals surface area contributed by atoms with Gasteiger partial charge in [0.05, 0.1) is 5.52 Å². The Morgan fingerprint density at radius 3 is 2.42 bits per heavy atom. The molecule has 0 bridgehead atoms. The van der Waals surface area contributed by atoms with Gasteiger partial charge < -0.3 is 4.90 Å². The molecule has 0 aliphatic carbocycles. The van der Waals surface area contributed by atoms with Gasteiger partial charge in [-0.2, -0.15) is 0 Å². The smallest absolute Gasteiger partial charge is 0.269 e. The zero-order valence-corrected chi connectivity index (χ0v) is 16.0. The summed E-state index contributed by atoms with van der Waals surface area (Å²) in [5.74, 6) is 0. The molecule has 1 heterocycles. The van der Waals surface area contributed by atoms with Crippen molar-refractivity contribution in [2.24, 2.45) is 0 Å². The number of aromatic nitrogens is 1. The van der Waals surface area contributed by atoms with E-state index in [0.29, 0.717) is 9.99 Å². The Morgan fingerprint density at radius 1 is 1.04 bits per heavy atom. The summed E-state index contributed by atoms with van der Waals surface area (Å²) in [5, 5.41) is 0.981. The molecule has 0 aliphatic heterocycles. The second-order valence-electron chi connectivity index (χ2n) is 5.96. The van der Waals surface area contributed by atoms with E-state index in [-0.39, 0.29) is 4.90 Å². The Labute approximate surface area is 150 Å². The van der Waals surface area contributed by atoms with Crippen LogP contribution in [0.25, 0.3) is 10.9 Å². The van der Waals surface area contributed by atoms with Crippen molar-refractivity contribution in [3.8, 4) is 0 Å². The van der Waals surface area contributed by atoms with Crippen molar-refractivity contribution in [2.75, 3.05) is 20.6 Å². The van der Waals surface area contributed by atoms with Gasteiger partial charge in [-0.25, -0.2) is 12.4 Å². The second kappa shape index (κ2) is 6.70. The van der Waals surface area contributed by atoms with Crippen molar-refractivity contribution in [3.63, 3.8) is 0 Å². The molecule has 3 rings (SSSR count). The van der Waals surface area contributed by atoms with Crippen molar-refractivity contribution < 1.29 is 8.42 Å². The van der Waals surface area contributed by atoms with Gasteiger partial charge in [0, 0.05) is 22.6 Å². The molecule has 24 heavy (non-hydrogen) atoms. The summed E-state index contributed by atoms with van der Waals surface area (Å²) in [6.45, 7) is 0.864. The van der Waals surface area contributed by atoms with E-state index < -0.39 is 10.0 Å². The molecule has 0 spiro atoms. The van der Waals surface area contributed by atoms with E-state index in [0.717, 1.165) is 23.9 Å². The molecule has 6 heteroatoms. The van der Waals surface area contributed by atoms with Gasteiger partial charge in [-0.1, -0.05) is 30.3 Å². The van der Waals surface area contributed by atoms with Crippen molar-refractivity contribution in [1.29, 1.82) is 0 Å². The Balaban J connectivity index is 2.18. The molecular weight excluding hydrogens is 388 g/mol. The van der Waals surface area contributed by atoms with Crippen LogP contribution in [0.5, 0.6) is 0 Å². The van der Waals surface area contributed by atoms with Crippen molar-refractivity contribution in [3.05, 3.63) is 64.8 Å². The predicted octanol–water partition coefficient (Wildman–Crippen LogP) is 3.74. The van der Waals surface area contributed by atoms with Crippen LogP contribution in [0.4, 0.5) is 0 Å². The van der Waals surface area contributed by atoms with Gasteiger partial charge >= 0.3 is 0 Å². The number of fused-ring (bicyclic) bond motifs is 1. The fourth-order valence-electron chi connectivity index (χ4n) is 2.72. The first-order valence-corrected chi connectivity index (χ1v) is 9.88. The van der Waals surface area contributed by atoms with Crippen molar-refractivity contribution >= 4 is 36.9 Å². The lowest BCUT2D eigenvalue weighted by molar-refractivity contribution is 0.414. The number of rotatable bonds is 5. The number of likely N-dealkylation sites (N-methyl/N-ethyl adjacent to an activating group) is 1. The third kappa shape index (κ3) is 3.14. The largest absolute Gasteiger partial charge is 0.309 e. The summed E-state index contributed by atoms with van der Waals surface area (Å²) in [5.41, 5.74) is 1.75. The van der Waals surface area contributed by atoms with Gasteiger partial charge in [0.15, 0.2) is 0 Å². The molecule has 126 valence electrons. The van der Waals surface area contributed by atoms with Crippen LogP contribution in [0.15, 0.2) is 64.1 Å². The monoisotopic (exact) mass is 406 g/mol. The maximum Gasteiger partial charge on any atom is 0.269 e. The van der Waals surface area contributed by atoms with Crippen LogP contribution in [0, 0.1) is 0 Å². The zero-order chi connectivity index (χ0) is 17.3. The number of halogens is 1. The minimum absolute atomic E-state index is 0.268. The molecule has 3 aromatic rings. The van der Waals surface area contributed by atoms with Gasteiger partial charge in [0.2, 0.25) is 0 Å². The molecule has 0 aliphatic rings. The average Bonchev–Trinajstić information content (AvgIpc) is 2.93. The van der Waals surface area contributed by atoms with Gasteiger partial charge in [-0.05, 0) is 60.2 Å². The van der Waals surface area contributed by atoms with E-state index in [4.69, 9.17) is 0 Å². The number of nitrogens with zero attached hydrogens (tertiary/aromatic N) is 2. The van der Waals surface area contributed by atoms with E-state index in [1.165, 1.54) is 3.97 Å². The summed E-state index contributed by atoms with van der Waals surface area (Å²) in [6.07, 6.45) is 2.55. The van der Waals surface area contributed by atoms with Gasteiger partial charge in [0.25, 0.3) is 10.0 Å². The van der Waals surface area contributed by atoms with Crippen molar-refractivity contribution in [1.82, 2.24) is 8.87 Å².